The highest BCUT2D eigenvalue weighted by Crippen LogP contribution is 2.23. The maximum absolute atomic E-state index is 12.3. The highest BCUT2D eigenvalue weighted by molar-refractivity contribution is 6.37. The van der Waals surface area contributed by atoms with Gasteiger partial charge in [0.15, 0.2) is 5.78 Å². The van der Waals surface area contributed by atoms with Crippen LogP contribution in [0.2, 0.25) is 10.0 Å². The number of likely N-dealkylation sites (N-methyl/N-ethyl adjacent to an activating group) is 1. The second-order valence-corrected chi connectivity index (χ2v) is 6.35. The summed E-state index contributed by atoms with van der Waals surface area (Å²) in [6.07, 6.45) is 3.22. The van der Waals surface area contributed by atoms with Crippen LogP contribution in [0.3, 0.4) is 0 Å². The average molecular weight is 364 g/mol. The topological polar surface area (TPSA) is 29.5 Å². The van der Waals surface area contributed by atoms with E-state index in [1.807, 2.05) is 43.3 Å². The fraction of sp³-hybridized carbons (Fsp3) is 0.211. The van der Waals surface area contributed by atoms with Gasteiger partial charge >= 0.3 is 0 Å². The molecule has 24 heavy (non-hydrogen) atoms. The number of halogens is 2. The smallest absolute Gasteiger partial charge is 0.187 e. The molecule has 0 amide bonds. The quantitative estimate of drug-likeness (QED) is 0.521. The van der Waals surface area contributed by atoms with Crippen molar-refractivity contribution in [3.05, 3.63) is 69.7 Å². The number of ether oxygens (including phenoxy) is 1. The number of para-hydroxylation sites is 1. The van der Waals surface area contributed by atoms with Crippen molar-refractivity contribution in [3.8, 4) is 5.75 Å². The largest absolute Gasteiger partial charge is 0.492 e. The number of hydrogen-bond donors (Lipinski definition) is 0. The fourth-order valence-electron chi connectivity index (χ4n) is 2.03. The highest BCUT2D eigenvalue weighted by atomic mass is 35.5. The van der Waals surface area contributed by atoms with Gasteiger partial charge in [0.2, 0.25) is 0 Å². The normalized spacial score (nSPS) is 11.2. The standard InChI is InChI=1S/C19H19Cl2NO2/c1-22(2)11-12-24-19-6-4-3-5-14(19)7-10-18(23)16-9-8-15(20)13-17(16)21/h3-10,13H,11-12H2,1-2H3. The van der Waals surface area contributed by atoms with Crippen molar-refractivity contribution < 1.29 is 9.53 Å². The van der Waals surface area contributed by atoms with Gasteiger partial charge in [0.05, 0.1) is 5.02 Å². The molecule has 0 unspecified atom stereocenters. The molecule has 0 bridgehead atoms. The Balaban J connectivity index is 2.12. The molecule has 5 heteroatoms. The monoisotopic (exact) mass is 363 g/mol. The van der Waals surface area contributed by atoms with E-state index in [-0.39, 0.29) is 5.78 Å². The molecule has 126 valence electrons. The van der Waals surface area contributed by atoms with Crippen LogP contribution >= 0.6 is 23.2 Å². The molecule has 0 aliphatic rings. The lowest BCUT2D eigenvalue weighted by atomic mass is 10.1. The van der Waals surface area contributed by atoms with Gasteiger partial charge in [-0.15, -0.1) is 0 Å². The summed E-state index contributed by atoms with van der Waals surface area (Å²) in [4.78, 5) is 14.3. The van der Waals surface area contributed by atoms with E-state index in [0.29, 0.717) is 22.2 Å². The Hall–Kier alpha value is -1.81. The first-order chi connectivity index (χ1) is 11.5. The minimum absolute atomic E-state index is 0.181. The van der Waals surface area contributed by atoms with Crippen LogP contribution in [0.25, 0.3) is 6.08 Å². The van der Waals surface area contributed by atoms with Gasteiger partial charge in [0, 0.05) is 22.7 Å². The molecule has 0 radical (unpaired) electrons. The number of hydrogen-bond acceptors (Lipinski definition) is 3. The molecule has 0 N–H and O–H groups in total. The summed E-state index contributed by atoms with van der Waals surface area (Å²) in [5, 5.41) is 0.841. The van der Waals surface area contributed by atoms with Gasteiger partial charge in [-0.25, -0.2) is 0 Å². The van der Waals surface area contributed by atoms with Crippen LogP contribution in [0, 0.1) is 0 Å². The first-order valence-corrected chi connectivity index (χ1v) is 8.27. The van der Waals surface area contributed by atoms with Crippen LogP contribution in [0.15, 0.2) is 48.5 Å². The van der Waals surface area contributed by atoms with Gasteiger partial charge in [-0.05, 0) is 50.5 Å². The average Bonchev–Trinajstić information content (AvgIpc) is 2.53. The van der Waals surface area contributed by atoms with E-state index in [1.54, 1.807) is 24.3 Å². The summed E-state index contributed by atoms with van der Waals surface area (Å²) in [7, 11) is 3.98. The Morgan fingerprint density at radius 2 is 1.92 bits per heavy atom. The van der Waals surface area contributed by atoms with Crippen molar-refractivity contribution in [2.45, 2.75) is 0 Å². The van der Waals surface area contributed by atoms with E-state index in [9.17, 15) is 4.79 Å². The predicted octanol–water partition coefficient (Wildman–Crippen LogP) is 4.83. The first-order valence-electron chi connectivity index (χ1n) is 7.51. The van der Waals surface area contributed by atoms with E-state index in [1.165, 1.54) is 6.08 Å². The molecule has 0 saturated heterocycles. The zero-order valence-electron chi connectivity index (χ0n) is 13.6. The molecule has 0 atom stereocenters. The van der Waals surface area contributed by atoms with Crippen LogP contribution in [0.1, 0.15) is 15.9 Å². The Labute approximate surface area is 152 Å². The van der Waals surface area contributed by atoms with Gasteiger partial charge in [-0.1, -0.05) is 41.4 Å². The second kappa shape index (κ2) is 8.88. The van der Waals surface area contributed by atoms with Crippen LogP contribution in [0.5, 0.6) is 5.75 Å². The minimum atomic E-state index is -0.181. The summed E-state index contributed by atoms with van der Waals surface area (Å²) in [6, 6.07) is 12.4. The lowest BCUT2D eigenvalue weighted by Crippen LogP contribution is -2.19. The number of carbonyl (C=O) groups is 1. The van der Waals surface area contributed by atoms with Gasteiger partial charge in [0.25, 0.3) is 0 Å². The molecule has 0 heterocycles. The van der Waals surface area contributed by atoms with E-state index >= 15 is 0 Å². The number of benzene rings is 2. The Morgan fingerprint density at radius 3 is 2.62 bits per heavy atom. The van der Waals surface area contributed by atoms with Crippen molar-refractivity contribution in [1.29, 1.82) is 0 Å². The molecule has 0 aromatic heterocycles. The molecule has 2 aromatic carbocycles. The van der Waals surface area contributed by atoms with Crippen molar-refractivity contribution in [2.75, 3.05) is 27.2 Å². The Morgan fingerprint density at radius 1 is 1.17 bits per heavy atom. The third kappa shape index (κ3) is 5.38. The number of carbonyl (C=O) groups excluding carboxylic acids is 1. The third-order valence-electron chi connectivity index (χ3n) is 3.33. The molecule has 0 aliphatic heterocycles. The summed E-state index contributed by atoms with van der Waals surface area (Å²) in [5.74, 6) is 0.561. The van der Waals surface area contributed by atoms with Crippen molar-refractivity contribution >= 4 is 35.1 Å². The van der Waals surface area contributed by atoms with Crippen molar-refractivity contribution in [3.63, 3.8) is 0 Å². The van der Waals surface area contributed by atoms with Crippen molar-refractivity contribution in [2.24, 2.45) is 0 Å². The number of allylic oxidation sites excluding steroid dienone is 1. The van der Waals surface area contributed by atoms with E-state index in [4.69, 9.17) is 27.9 Å². The summed E-state index contributed by atoms with van der Waals surface area (Å²) >= 11 is 11.9. The van der Waals surface area contributed by atoms with Gasteiger partial charge in [-0.2, -0.15) is 0 Å². The van der Waals surface area contributed by atoms with E-state index in [2.05, 4.69) is 0 Å². The van der Waals surface area contributed by atoms with Gasteiger partial charge in [-0.3, -0.25) is 4.79 Å². The number of ketones is 1. The SMILES string of the molecule is CN(C)CCOc1ccccc1C=CC(=O)c1ccc(Cl)cc1Cl. The van der Waals surface area contributed by atoms with Crippen LogP contribution < -0.4 is 4.74 Å². The van der Waals surface area contributed by atoms with E-state index in [0.717, 1.165) is 17.9 Å². The van der Waals surface area contributed by atoms with Crippen LogP contribution in [-0.4, -0.2) is 37.9 Å². The third-order valence-corrected chi connectivity index (χ3v) is 3.87. The highest BCUT2D eigenvalue weighted by Gasteiger charge is 2.08. The molecule has 3 nitrogen and oxygen atoms in total. The molecule has 0 aliphatic carbocycles. The molecular formula is C19H19Cl2NO2. The van der Waals surface area contributed by atoms with Gasteiger partial charge in [0.1, 0.15) is 12.4 Å². The van der Waals surface area contributed by atoms with Crippen molar-refractivity contribution in [1.82, 2.24) is 4.90 Å². The minimum Gasteiger partial charge on any atom is -0.492 e. The Bertz CT molecular complexity index is 742. The molecule has 0 saturated carbocycles. The fourth-order valence-corrected chi connectivity index (χ4v) is 2.53. The molecule has 2 rings (SSSR count). The lowest BCUT2D eigenvalue weighted by Gasteiger charge is -2.12. The van der Waals surface area contributed by atoms with Gasteiger partial charge < -0.3 is 9.64 Å². The predicted molar refractivity (Wildman–Crippen MR) is 100 cm³/mol. The maximum Gasteiger partial charge on any atom is 0.187 e. The molecule has 0 spiro atoms. The lowest BCUT2D eigenvalue weighted by molar-refractivity contribution is 0.104. The van der Waals surface area contributed by atoms with Crippen LogP contribution in [0.4, 0.5) is 0 Å². The summed E-state index contributed by atoms with van der Waals surface area (Å²) in [6.45, 7) is 1.40. The Kier molecular flexibility index (Phi) is 6.85. The number of rotatable bonds is 7. The molecule has 2 aromatic rings. The zero-order valence-corrected chi connectivity index (χ0v) is 15.1. The molecule has 0 fully saturated rings. The maximum atomic E-state index is 12.3. The second-order valence-electron chi connectivity index (χ2n) is 5.51. The number of nitrogens with zero attached hydrogens (tertiary/aromatic N) is 1. The first kappa shape index (κ1) is 18.5. The summed E-state index contributed by atoms with van der Waals surface area (Å²) in [5.41, 5.74) is 1.26. The molecular weight excluding hydrogens is 345 g/mol. The zero-order chi connectivity index (χ0) is 17.5. The van der Waals surface area contributed by atoms with E-state index < -0.39 is 0 Å². The summed E-state index contributed by atoms with van der Waals surface area (Å²) < 4.78 is 5.78. The van der Waals surface area contributed by atoms with Crippen LogP contribution in [-0.2, 0) is 0 Å².